The highest BCUT2D eigenvalue weighted by molar-refractivity contribution is 7.99. The first-order valence-corrected chi connectivity index (χ1v) is 7.42. The number of nitrogens with two attached hydrogens (primary N) is 1. The van der Waals surface area contributed by atoms with Crippen molar-refractivity contribution in [2.24, 2.45) is 5.73 Å². The minimum Gasteiger partial charge on any atom is -0.324 e. The van der Waals surface area contributed by atoms with Crippen LogP contribution in [0.25, 0.3) is 11.4 Å². The SMILES string of the molecule is CCSc1ccc(-c2ncc([C@H](C)N)c(C)n2)cc1. The van der Waals surface area contributed by atoms with Gasteiger partial charge in [-0.15, -0.1) is 11.8 Å². The Morgan fingerprint density at radius 1 is 1.26 bits per heavy atom. The van der Waals surface area contributed by atoms with E-state index in [1.807, 2.05) is 31.8 Å². The Balaban J connectivity index is 2.29. The summed E-state index contributed by atoms with van der Waals surface area (Å²) in [6.45, 7) is 6.07. The van der Waals surface area contributed by atoms with Gasteiger partial charge >= 0.3 is 0 Å². The molecular formula is C15H19N3S. The summed E-state index contributed by atoms with van der Waals surface area (Å²) in [4.78, 5) is 10.2. The van der Waals surface area contributed by atoms with E-state index in [0.29, 0.717) is 0 Å². The van der Waals surface area contributed by atoms with E-state index in [1.165, 1.54) is 4.90 Å². The zero-order valence-corrected chi connectivity index (χ0v) is 12.4. The molecule has 4 heteroatoms. The van der Waals surface area contributed by atoms with Crippen LogP contribution in [0.2, 0.25) is 0 Å². The summed E-state index contributed by atoms with van der Waals surface area (Å²) in [5.41, 5.74) is 8.87. The molecule has 0 fully saturated rings. The lowest BCUT2D eigenvalue weighted by Gasteiger charge is -2.10. The van der Waals surface area contributed by atoms with E-state index in [1.54, 1.807) is 0 Å². The Labute approximate surface area is 118 Å². The highest BCUT2D eigenvalue weighted by Gasteiger charge is 2.08. The lowest BCUT2D eigenvalue weighted by molar-refractivity contribution is 0.790. The predicted octanol–water partition coefficient (Wildman–Crippen LogP) is 3.58. The summed E-state index contributed by atoms with van der Waals surface area (Å²) in [5.74, 6) is 1.84. The maximum Gasteiger partial charge on any atom is 0.159 e. The van der Waals surface area contributed by atoms with Gasteiger partial charge in [-0.05, 0) is 31.7 Å². The Morgan fingerprint density at radius 2 is 1.95 bits per heavy atom. The Kier molecular flexibility index (Phi) is 4.56. The molecule has 0 radical (unpaired) electrons. The van der Waals surface area contributed by atoms with Crippen molar-refractivity contribution in [3.8, 4) is 11.4 Å². The molecule has 1 atom stereocenters. The maximum absolute atomic E-state index is 5.87. The van der Waals surface area contributed by atoms with E-state index in [2.05, 4.69) is 41.2 Å². The number of benzene rings is 1. The van der Waals surface area contributed by atoms with E-state index in [9.17, 15) is 0 Å². The van der Waals surface area contributed by atoms with Crippen LogP contribution in [0.15, 0.2) is 35.4 Å². The van der Waals surface area contributed by atoms with Crippen molar-refractivity contribution in [2.75, 3.05) is 5.75 Å². The first-order chi connectivity index (χ1) is 9.11. The molecular weight excluding hydrogens is 254 g/mol. The fourth-order valence-corrected chi connectivity index (χ4v) is 2.59. The standard InChI is InChI=1S/C15H19N3S/c1-4-19-13-7-5-12(6-8-13)15-17-9-14(10(2)16)11(3)18-15/h5-10H,4,16H2,1-3H3/t10-/m0/s1. The van der Waals surface area contributed by atoms with Gasteiger partial charge in [-0.1, -0.05) is 19.1 Å². The van der Waals surface area contributed by atoms with Crippen molar-refractivity contribution in [3.63, 3.8) is 0 Å². The predicted molar refractivity (Wildman–Crippen MR) is 81.2 cm³/mol. The summed E-state index contributed by atoms with van der Waals surface area (Å²) in [7, 11) is 0. The highest BCUT2D eigenvalue weighted by atomic mass is 32.2. The summed E-state index contributed by atoms with van der Waals surface area (Å²) < 4.78 is 0. The van der Waals surface area contributed by atoms with E-state index < -0.39 is 0 Å². The van der Waals surface area contributed by atoms with E-state index in [-0.39, 0.29) is 6.04 Å². The third-order valence-corrected chi connectivity index (χ3v) is 3.83. The zero-order valence-electron chi connectivity index (χ0n) is 11.6. The fraction of sp³-hybridized carbons (Fsp3) is 0.333. The van der Waals surface area contributed by atoms with Crippen LogP contribution in [-0.2, 0) is 0 Å². The van der Waals surface area contributed by atoms with E-state index >= 15 is 0 Å². The number of rotatable bonds is 4. The van der Waals surface area contributed by atoms with Gasteiger partial charge in [0.25, 0.3) is 0 Å². The van der Waals surface area contributed by atoms with Crippen LogP contribution in [0.3, 0.4) is 0 Å². The molecule has 19 heavy (non-hydrogen) atoms. The largest absolute Gasteiger partial charge is 0.324 e. The molecule has 0 amide bonds. The van der Waals surface area contributed by atoms with Crippen LogP contribution < -0.4 is 5.73 Å². The van der Waals surface area contributed by atoms with Crippen molar-refractivity contribution >= 4 is 11.8 Å². The summed E-state index contributed by atoms with van der Waals surface area (Å²) in [6, 6.07) is 8.33. The van der Waals surface area contributed by atoms with Crippen molar-refractivity contribution in [1.82, 2.24) is 9.97 Å². The maximum atomic E-state index is 5.87. The molecule has 100 valence electrons. The van der Waals surface area contributed by atoms with Gasteiger partial charge in [0.05, 0.1) is 0 Å². The van der Waals surface area contributed by atoms with Crippen LogP contribution in [0.5, 0.6) is 0 Å². The molecule has 0 spiro atoms. The first-order valence-electron chi connectivity index (χ1n) is 6.44. The number of aryl methyl sites for hydroxylation is 1. The van der Waals surface area contributed by atoms with E-state index in [4.69, 9.17) is 5.73 Å². The van der Waals surface area contributed by atoms with Crippen molar-refractivity contribution in [1.29, 1.82) is 0 Å². The molecule has 1 aromatic carbocycles. The average molecular weight is 273 g/mol. The van der Waals surface area contributed by atoms with Gasteiger partial charge in [-0.25, -0.2) is 9.97 Å². The monoisotopic (exact) mass is 273 g/mol. The Morgan fingerprint density at radius 3 is 2.47 bits per heavy atom. The van der Waals surface area contributed by atoms with E-state index in [0.717, 1.165) is 28.4 Å². The minimum atomic E-state index is -0.0302. The molecule has 0 saturated carbocycles. The molecule has 1 heterocycles. The smallest absolute Gasteiger partial charge is 0.159 e. The molecule has 0 unspecified atom stereocenters. The van der Waals surface area contributed by atoms with Crippen LogP contribution in [-0.4, -0.2) is 15.7 Å². The van der Waals surface area contributed by atoms with Crippen molar-refractivity contribution < 1.29 is 0 Å². The number of thioether (sulfide) groups is 1. The number of nitrogens with zero attached hydrogens (tertiary/aromatic N) is 2. The van der Waals surface area contributed by atoms with Gasteiger partial charge in [0.2, 0.25) is 0 Å². The number of hydrogen-bond donors (Lipinski definition) is 1. The highest BCUT2D eigenvalue weighted by Crippen LogP contribution is 2.23. The van der Waals surface area contributed by atoms with Gasteiger partial charge in [-0.3, -0.25) is 0 Å². The van der Waals surface area contributed by atoms with Crippen molar-refractivity contribution in [2.45, 2.75) is 31.7 Å². The third kappa shape index (κ3) is 3.33. The molecule has 1 aromatic heterocycles. The van der Waals surface area contributed by atoms with Crippen LogP contribution >= 0.6 is 11.8 Å². The lowest BCUT2D eigenvalue weighted by Crippen LogP contribution is -2.09. The molecule has 2 rings (SSSR count). The topological polar surface area (TPSA) is 51.8 Å². The summed E-state index contributed by atoms with van der Waals surface area (Å²) >= 11 is 1.83. The summed E-state index contributed by atoms with van der Waals surface area (Å²) in [5, 5.41) is 0. The second-order valence-electron chi connectivity index (χ2n) is 4.48. The molecule has 0 saturated heterocycles. The first kappa shape index (κ1) is 14.0. The van der Waals surface area contributed by atoms with Crippen LogP contribution in [0, 0.1) is 6.92 Å². The van der Waals surface area contributed by atoms with Gasteiger partial charge < -0.3 is 5.73 Å². The van der Waals surface area contributed by atoms with Crippen LogP contribution in [0.4, 0.5) is 0 Å². The molecule has 0 aliphatic carbocycles. The fourth-order valence-electron chi connectivity index (χ4n) is 1.93. The zero-order chi connectivity index (χ0) is 13.8. The van der Waals surface area contributed by atoms with Gasteiger partial charge in [0.1, 0.15) is 0 Å². The second kappa shape index (κ2) is 6.17. The normalized spacial score (nSPS) is 12.4. The molecule has 0 aliphatic heterocycles. The minimum absolute atomic E-state index is 0.0302. The molecule has 2 aromatic rings. The molecule has 0 bridgehead atoms. The Bertz CT molecular complexity index is 550. The van der Waals surface area contributed by atoms with Gasteiger partial charge in [0.15, 0.2) is 5.82 Å². The van der Waals surface area contributed by atoms with Crippen molar-refractivity contribution in [3.05, 3.63) is 41.7 Å². The third-order valence-electron chi connectivity index (χ3n) is 2.93. The molecule has 2 N–H and O–H groups in total. The lowest BCUT2D eigenvalue weighted by atomic mass is 10.1. The second-order valence-corrected chi connectivity index (χ2v) is 5.82. The van der Waals surface area contributed by atoms with Crippen LogP contribution in [0.1, 0.15) is 31.1 Å². The van der Waals surface area contributed by atoms with Gasteiger partial charge in [-0.2, -0.15) is 0 Å². The molecule has 3 nitrogen and oxygen atoms in total. The Hall–Kier alpha value is -1.39. The summed E-state index contributed by atoms with van der Waals surface area (Å²) in [6.07, 6.45) is 1.83. The average Bonchev–Trinajstić information content (AvgIpc) is 2.39. The quantitative estimate of drug-likeness (QED) is 0.865. The number of aromatic nitrogens is 2. The number of hydrogen-bond acceptors (Lipinski definition) is 4. The van der Waals surface area contributed by atoms with Gasteiger partial charge in [0, 0.05) is 34.0 Å². The molecule has 0 aliphatic rings.